The molecule has 1 aromatic carbocycles. The smallest absolute Gasteiger partial charge is 0.317 e. The SMILES string of the molecule is O=C[C@H]1C=C(c2ccccc2)OC(=O)[C@H]1CO. The number of rotatable bonds is 3. The molecule has 0 aliphatic carbocycles. The molecule has 0 amide bonds. The van der Waals surface area contributed by atoms with Gasteiger partial charge in [0.2, 0.25) is 0 Å². The van der Waals surface area contributed by atoms with E-state index in [1.807, 2.05) is 18.2 Å². The third-order valence-electron chi connectivity index (χ3n) is 2.73. The molecule has 4 nitrogen and oxygen atoms in total. The number of hydrogen-bond donors (Lipinski definition) is 1. The van der Waals surface area contributed by atoms with Gasteiger partial charge in [0.1, 0.15) is 12.0 Å². The highest BCUT2D eigenvalue weighted by atomic mass is 16.5. The van der Waals surface area contributed by atoms with Crippen LogP contribution in [-0.4, -0.2) is 24.0 Å². The van der Waals surface area contributed by atoms with Gasteiger partial charge >= 0.3 is 5.97 Å². The van der Waals surface area contributed by atoms with Gasteiger partial charge < -0.3 is 14.6 Å². The molecule has 2 atom stereocenters. The van der Waals surface area contributed by atoms with Crippen LogP contribution in [0.3, 0.4) is 0 Å². The number of carbonyl (C=O) groups excluding carboxylic acids is 2. The van der Waals surface area contributed by atoms with Crippen molar-refractivity contribution in [3.63, 3.8) is 0 Å². The Kier molecular flexibility index (Phi) is 3.35. The second kappa shape index (κ2) is 4.93. The Bertz CT molecular complexity index is 450. The summed E-state index contributed by atoms with van der Waals surface area (Å²) in [6.45, 7) is -0.388. The van der Waals surface area contributed by atoms with Crippen LogP contribution < -0.4 is 0 Å². The summed E-state index contributed by atoms with van der Waals surface area (Å²) in [6.07, 6.45) is 2.23. The molecule has 0 fully saturated rings. The number of benzene rings is 1. The van der Waals surface area contributed by atoms with Gasteiger partial charge in [-0.05, 0) is 6.08 Å². The molecule has 2 rings (SSSR count). The molecule has 1 aliphatic rings. The fourth-order valence-electron chi connectivity index (χ4n) is 1.75. The summed E-state index contributed by atoms with van der Waals surface area (Å²) in [4.78, 5) is 22.5. The molecule has 0 unspecified atom stereocenters. The van der Waals surface area contributed by atoms with Crippen LogP contribution >= 0.6 is 0 Å². The molecule has 0 bridgehead atoms. The summed E-state index contributed by atoms with van der Waals surface area (Å²) in [5, 5.41) is 9.03. The molecular weight excluding hydrogens is 220 g/mol. The maximum absolute atomic E-state index is 11.6. The van der Waals surface area contributed by atoms with E-state index in [0.29, 0.717) is 12.0 Å². The molecule has 1 N–H and O–H groups in total. The number of ether oxygens (including phenoxy) is 1. The molecule has 1 heterocycles. The van der Waals surface area contributed by atoms with E-state index in [-0.39, 0.29) is 6.61 Å². The Morgan fingerprint density at radius 1 is 1.29 bits per heavy atom. The van der Waals surface area contributed by atoms with Crippen LogP contribution in [0.15, 0.2) is 36.4 Å². The number of esters is 1. The normalized spacial score (nSPS) is 23.8. The number of aliphatic hydroxyl groups excluding tert-OH is 1. The second-order valence-corrected chi connectivity index (χ2v) is 3.82. The fraction of sp³-hybridized carbons (Fsp3) is 0.231. The zero-order valence-corrected chi connectivity index (χ0v) is 9.08. The maximum Gasteiger partial charge on any atom is 0.317 e. The average molecular weight is 232 g/mol. The van der Waals surface area contributed by atoms with E-state index in [2.05, 4.69) is 0 Å². The third-order valence-corrected chi connectivity index (χ3v) is 2.73. The number of hydrogen-bond acceptors (Lipinski definition) is 4. The lowest BCUT2D eigenvalue weighted by atomic mass is 9.90. The van der Waals surface area contributed by atoms with Crippen LogP contribution in [0.25, 0.3) is 5.76 Å². The lowest BCUT2D eigenvalue weighted by Crippen LogP contribution is -2.32. The zero-order chi connectivity index (χ0) is 12.3. The van der Waals surface area contributed by atoms with Crippen molar-refractivity contribution in [3.8, 4) is 0 Å². The quantitative estimate of drug-likeness (QED) is 0.624. The van der Waals surface area contributed by atoms with Crippen LogP contribution in [0.5, 0.6) is 0 Å². The van der Waals surface area contributed by atoms with Gasteiger partial charge in [0, 0.05) is 5.56 Å². The van der Waals surface area contributed by atoms with Gasteiger partial charge in [0.05, 0.1) is 18.4 Å². The van der Waals surface area contributed by atoms with Crippen LogP contribution in [0, 0.1) is 11.8 Å². The predicted molar refractivity (Wildman–Crippen MR) is 60.6 cm³/mol. The van der Waals surface area contributed by atoms with Crippen molar-refractivity contribution < 1.29 is 19.4 Å². The number of aldehydes is 1. The van der Waals surface area contributed by atoms with Gasteiger partial charge in [-0.3, -0.25) is 4.79 Å². The van der Waals surface area contributed by atoms with E-state index >= 15 is 0 Å². The van der Waals surface area contributed by atoms with Crippen LogP contribution in [0.1, 0.15) is 5.56 Å². The Labute approximate surface area is 98.5 Å². The lowest BCUT2D eigenvalue weighted by Gasteiger charge is -2.23. The van der Waals surface area contributed by atoms with Gasteiger partial charge in [-0.1, -0.05) is 30.3 Å². The van der Waals surface area contributed by atoms with E-state index < -0.39 is 17.8 Å². The summed E-state index contributed by atoms with van der Waals surface area (Å²) in [5.41, 5.74) is 0.740. The number of carbonyl (C=O) groups is 2. The Balaban J connectivity index is 2.34. The molecule has 1 aromatic rings. The monoisotopic (exact) mass is 232 g/mol. The molecule has 88 valence electrons. The minimum atomic E-state index is -0.792. The number of allylic oxidation sites excluding steroid dienone is 1. The molecule has 0 saturated heterocycles. The predicted octanol–water partition coefficient (Wildman–Crippen LogP) is 1.01. The van der Waals surface area contributed by atoms with Crippen LogP contribution in [0.4, 0.5) is 0 Å². The van der Waals surface area contributed by atoms with Crippen molar-refractivity contribution in [1.29, 1.82) is 0 Å². The first-order chi connectivity index (χ1) is 8.26. The van der Waals surface area contributed by atoms with Gasteiger partial charge in [-0.25, -0.2) is 0 Å². The van der Waals surface area contributed by atoms with Crippen molar-refractivity contribution in [2.24, 2.45) is 11.8 Å². The molecule has 17 heavy (non-hydrogen) atoms. The van der Waals surface area contributed by atoms with Crippen molar-refractivity contribution in [3.05, 3.63) is 42.0 Å². The van der Waals surface area contributed by atoms with Crippen molar-refractivity contribution in [2.75, 3.05) is 6.61 Å². The molecule has 0 radical (unpaired) electrons. The lowest BCUT2D eigenvalue weighted by molar-refractivity contribution is -0.146. The molecule has 0 spiro atoms. The molecular formula is C13H12O4. The highest BCUT2D eigenvalue weighted by Crippen LogP contribution is 2.28. The van der Waals surface area contributed by atoms with Gasteiger partial charge in [-0.15, -0.1) is 0 Å². The first kappa shape index (κ1) is 11.5. The van der Waals surface area contributed by atoms with Gasteiger partial charge in [0.25, 0.3) is 0 Å². The topological polar surface area (TPSA) is 63.6 Å². The zero-order valence-electron chi connectivity index (χ0n) is 9.08. The van der Waals surface area contributed by atoms with Crippen LogP contribution in [0.2, 0.25) is 0 Å². The second-order valence-electron chi connectivity index (χ2n) is 3.82. The minimum Gasteiger partial charge on any atom is -0.426 e. The summed E-state index contributed by atoms with van der Waals surface area (Å²) >= 11 is 0. The highest BCUT2D eigenvalue weighted by Gasteiger charge is 2.33. The van der Waals surface area contributed by atoms with Gasteiger partial charge in [-0.2, -0.15) is 0 Å². The average Bonchev–Trinajstić information content (AvgIpc) is 2.38. The first-order valence-corrected chi connectivity index (χ1v) is 5.31. The summed E-state index contributed by atoms with van der Waals surface area (Å²) in [7, 11) is 0. The molecule has 1 aliphatic heterocycles. The molecule has 0 aromatic heterocycles. The van der Waals surface area contributed by atoms with Crippen molar-refractivity contribution >= 4 is 18.0 Å². The van der Waals surface area contributed by atoms with Crippen LogP contribution in [-0.2, 0) is 14.3 Å². The summed E-state index contributed by atoms with van der Waals surface area (Å²) in [6, 6.07) is 9.07. The van der Waals surface area contributed by atoms with E-state index in [0.717, 1.165) is 5.56 Å². The summed E-state index contributed by atoms with van der Waals surface area (Å²) < 4.78 is 5.11. The van der Waals surface area contributed by atoms with Gasteiger partial charge in [0.15, 0.2) is 0 Å². The third kappa shape index (κ3) is 2.26. The molecule has 0 saturated carbocycles. The highest BCUT2D eigenvalue weighted by molar-refractivity contribution is 5.87. The Morgan fingerprint density at radius 2 is 2.00 bits per heavy atom. The Hall–Kier alpha value is -1.94. The number of aliphatic hydroxyl groups is 1. The Morgan fingerprint density at radius 3 is 2.59 bits per heavy atom. The number of cyclic esters (lactones) is 1. The standard InChI is InChI=1S/C13H12O4/c14-7-10-6-12(9-4-2-1-3-5-9)17-13(16)11(10)8-15/h1-7,10-11,15H,8H2/t10-,11+/m1/s1. The summed E-state index contributed by atoms with van der Waals surface area (Å²) in [5.74, 6) is -1.61. The first-order valence-electron chi connectivity index (χ1n) is 5.31. The van der Waals surface area contributed by atoms with E-state index in [1.165, 1.54) is 0 Å². The van der Waals surface area contributed by atoms with E-state index in [1.54, 1.807) is 18.2 Å². The van der Waals surface area contributed by atoms with Crippen molar-refractivity contribution in [2.45, 2.75) is 0 Å². The maximum atomic E-state index is 11.6. The minimum absolute atomic E-state index is 0.373. The van der Waals surface area contributed by atoms with E-state index in [4.69, 9.17) is 9.84 Å². The largest absolute Gasteiger partial charge is 0.426 e. The van der Waals surface area contributed by atoms with E-state index in [9.17, 15) is 9.59 Å². The molecule has 4 heteroatoms. The van der Waals surface area contributed by atoms with Crippen molar-refractivity contribution in [1.82, 2.24) is 0 Å². The fourth-order valence-corrected chi connectivity index (χ4v) is 1.75.